The second-order valence-corrected chi connectivity index (χ2v) is 6.42. The van der Waals surface area contributed by atoms with Crippen molar-refractivity contribution in [3.05, 3.63) is 29.8 Å². The van der Waals surface area contributed by atoms with E-state index in [1.54, 1.807) is 0 Å². The molecule has 0 saturated heterocycles. The van der Waals surface area contributed by atoms with Crippen molar-refractivity contribution in [2.75, 3.05) is 19.7 Å². The van der Waals surface area contributed by atoms with Gasteiger partial charge in [0.15, 0.2) is 0 Å². The predicted molar refractivity (Wildman–Crippen MR) is 82.0 cm³/mol. The predicted octanol–water partition coefficient (Wildman–Crippen LogP) is 2.66. The van der Waals surface area contributed by atoms with E-state index in [0.29, 0.717) is 12.0 Å². The first-order valence-corrected chi connectivity index (χ1v) is 7.92. The molecule has 0 aromatic heterocycles. The van der Waals surface area contributed by atoms with Gasteiger partial charge < -0.3 is 10.1 Å². The minimum Gasteiger partial charge on any atom is -0.492 e. The Kier molecular flexibility index (Phi) is 4.27. The van der Waals surface area contributed by atoms with Crippen molar-refractivity contribution in [3.63, 3.8) is 0 Å². The van der Waals surface area contributed by atoms with Crippen molar-refractivity contribution in [1.82, 2.24) is 10.2 Å². The molecular weight excluding hydrogens is 248 g/mol. The van der Waals surface area contributed by atoms with Crippen molar-refractivity contribution in [2.45, 2.75) is 45.3 Å². The highest BCUT2D eigenvalue weighted by atomic mass is 16.5. The molecule has 2 aliphatic rings. The van der Waals surface area contributed by atoms with Crippen molar-refractivity contribution in [3.8, 4) is 5.75 Å². The number of nitrogens with one attached hydrogen (secondary N) is 1. The van der Waals surface area contributed by atoms with Crippen LogP contribution in [0.4, 0.5) is 0 Å². The van der Waals surface area contributed by atoms with Gasteiger partial charge in [-0.3, -0.25) is 4.90 Å². The van der Waals surface area contributed by atoms with Gasteiger partial charge in [0.25, 0.3) is 0 Å². The Morgan fingerprint density at radius 1 is 1.30 bits per heavy atom. The van der Waals surface area contributed by atoms with Gasteiger partial charge in [0, 0.05) is 37.3 Å². The molecule has 1 atom stereocenters. The van der Waals surface area contributed by atoms with Gasteiger partial charge in [-0.05, 0) is 24.8 Å². The minimum absolute atomic E-state index is 0.588. The number of hydrogen-bond acceptors (Lipinski definition) is 3. The highest BCUT2D eigenvalue weighted by Gasteiger charge is 2.28. The molecule has 0 amide bonds. The molecular formula is C17H26N2O. The number of benzene rings is 1. The second-order valence-electron chi connectivity index (χ2n) is 6.42. The van der Waals surface area contributed by atoms with E-state index in [4.69, 9.17) is 4.74 Å². The van der Waals surface area contributed by atoms with Gasteiger partial charge in [-0.1, -0.05) is 32.0 Å². The number of nitrogens with zero attached hydrogens (tertiary/aromatic N) is 1. The summed E-state index contributed by atoms with van der Waals surface area (Å²) in [4.78, 5) is 2.59. The second kappa shape index (κ2) is 6.15. The average Bonchev–Trinajstić information content (AvgIpc) is 3.24. The lowest BCUT2D eigenvalue weighted by atomic mass is 10.0. The molecule has 0 spiro atoms. The highest BCUT2D eigenvalue weighted by molar-refractivity contribution is 5.33. The van der Waals surface area contributed by atoms with Crippen molar-refractivity contribution in [1.29, 1.82) is 0 Å². The van der Waals surface area contributed by atoms with Gasteiger partial charge in [-0.15, -0.1) is 0 Å². The summed E-state index contributed by atoms with van der Waals surface area (Å²) in [6.07, 6.45) is 2.72. The fourth-order valence-corrected chi connectivity index (χ4v) is 2.99. The van der Waals surface area contributed by atoms with Gasteiger partial charge in [-0.2, -0.15) is 0 Å². The number of rotatable bonds is 5. The van der Waals surface area contributed by atoms with Crippen LogP contribution in [-0.4, -0.2) is 36.7 Å². The highest BCUT2D eigenvalue weighted by Crippen LogP contribution is 2.25. The zero-order valence-electron chi connectivity index (χ0n) is 12.6. The maximum atomic E-state index is 5.88. The van der Waals surface area contributed by atoms with E-state index >= 15 is 0 Å². The lowest BCUT2D eigenvalue weighted by Gasteiger charge is -2.33. The van der Waals surface area contributed by atoms with Crippen molar-refractivity contribution in [2.24, 2.45) is 5.92 Å². The van der Waals surface area contributed by atoms with Crippen LogP contribution >= 0.6 is 0 Å². The summed E-state index contributed by atoms with van der Waals surface area (Å²) in [7, 11) is 0. The quantitative estimate of drug-likeness (QED) is 0.893. The molecule has 3 nitrogen and oxygen atoms in total. The van der Waals surface area contributed by atoms with Gasteiger partial charge >= 0.3 is 0 Å². The summed E-state index contributed by atoms with van der Waals surface area (Å²) >= 11 is 0. The van der Waals surface area contributed by atoms with Crippen LogP contribution in [0.1, 0.15) is 32.3 Å². The summed E-state index contributed by atoms with van der Waals surface area (Å²) in [5.74, 6) is 1.72. The summed E-state index contributed by atoms with van der Waals surface area (Å²) in [5.41, 5.74) is 1.32. The Balaban J connectivity index is 1.69. The molecule has 1 aromatic rings. The van der Waals surface area contributed by atoms with Crippen LogP contribution in [0.2, 0.25) is 0 Å². The van der Waals surface area contributed by atoms with Crippen LogP contribution in [0.3, 0.4) is 0 Å². The number of fused-ring (bicyclic) bond motifs is 1. The van der Waals surface area contributed by atoms with E-state index in [9.17, 15) is 0 Å². The smallest absolute Gasteiger partial charge is 0.123 e. The van der Waals surface area contributed by atoms with E-state index in [2.05, 4.69) is 48.3 Å². The SMILES string of the molecule is CC(C)C(CNC1CC1)N1CCOc2ccccc2C1. The van der Waals surface area contributed by atoms with E-state index < -0.39 is 0 Å². The molecule has 1 heterocycles. The van der Waals surface area contributed by atoms with Gasteiger partial charge in [0.2, 0.25) is 0 Å². The standard InChI is InChI=1S/C17H26N2O/c1-13(2)16(11-18-15-7-8-15)19-9-10-20-17-6-4-3-5-14(17)12-19/h3-6,13,15-16,18H,7-12H2,1-2H3. The Labute approximate surface area is 122 Å². The van der Waals surface area contributed by atoms with Gasteiger partial charge in [-0.25, -0.2) is 0 Å². The largest absolute Gasteiger partial charge is 0.492 e. The summed E-state index contributed by atoms with van der Waals surface area (Å²) in [6, 6.07) is 9.82. The summed E-state index contributed by atoms with van der Waals surface area (Å²) in [6.45, 7) is 8.58. The maximum Gasteiger partial charge on any atom is 0.123 e. The molecule has 20 heavy (non-hydrogen) atoms. The Morgan fingerprint density at radius 3 is 2.85 bits per heavy atom. The third kappa shape index (κ3) is 3.33. The zero-order chi connectivity index (χ0) is 13.9. The van der Waals surface area contributed by atoms with E-state index in [0.717, 1.165) is 38.0 Å². The first kappa shape index (κ1) is 13.9. The van der Waals surface area contributed by atoms with Crippen LogP contribution < -0.4 is 10.1 Å². The van der Waals surface area contributed by atoms with E-state index in [-0.39, 0.29) is 0 Å². The molecule has 1 fully saturated rings. The van der Waals surface area contributed by atoms with E-state index in [1.807, 2.05) is 0 Å². The fraction of sp³-hybridized carbons (Fsp3) is 0.647. The molecule has 1 unspecified atom stereocenters. The fourth-order valence-electron chi connectivity index (χ4n) is 2.99. The molecule has 1 aromatic carbocycles. The van der Waals surface area contributed by atoms with Crippen LogP contribution in [0.5, 0.6) is 5.75 Å². The van der Waals surface area contributed by atoms with Crippen molar-refractivity contribution >= 4 is 0 Å². The van der Waals surface area contributed by atoms with Crippen LogP contribution in [0.15, 0.2) is 24.3 Å². The minimum atomic E-state index is 0.588. The molecule has 1 aliphatic heterocycles. The number of hydrogen-bond donors (Lipinski definition) is 1. The molecule has 1 N–H and O–H groups in total. The molecule has 1 aliphatic carbocycles. The van der Waals surface area contributed by atoms with Crippen LogP contribution in [0.25, 0.3) is 0 Å². The first-order valence-electron chi connectivity index (χ1n) is 7.92. The topological polar surface area (TPSA) is 24.5 Å². The normalized spacial score (nSPS) is 21.1. The lowest BCUT2D eigenvalue weighted by Crippen LogP contribution is -2.46. The van der Waals surface area contributed by atoms with E-state index in [1.165, 1.54) is 18.4 Å². The number of ether oxygens (including phenoxy) is 1. The first-order chi connectivity index (χ1) is 9.74. The molecule has 0 bridgehead atoms. The molecule has 3 rings (SSSR count). The van der Waals surface area contributed by atoms with Crippen molar-refractivity contribution < 1.29 is 4.74 Å². The Morgan fingerprint density at radius 2 is 2.10 bits per heavy atom. The third-order valence-corrected chi connectivity index (χ3v) is 4.41. The monoisotopic (exact) mass is 274 g/mol. The molecule has 0 radical (unpaired) electrons. The summed E-state index contributed by atoms with van der Waals surface area (Å²) < 4.78 is 5.88. The zero-order valence-corrected chi connectivity index (χ0v) is 12.6. The third-order valence-electron chi connectivity index (χ3n) is 4.41. The number of para-hydroxylation sites is 1. The van der Waals surface area contributed by atoms with Gasteiger partial charge in [0.05, 0.1) is 0 Å². The maximum absolute atomic E-state index is 5.88. The molecule has 3 heteroatoms. The summed E-state index contributed by atoms with van der Waals surface area (Å²) in [5, 5.41) is 3.70. The Hall–Kier alpha value is -1.06. The molecule has 110 valence electrons. The lowest BCUT2D eigenvalue weighted by molar-refractivity contribution is 0.132. The molecule has 1 saturated carbocycles. The average molecular weight is 274 g/mol. The van der Waals surface area contributed by atoms with Gasteiger partial charge in [0.1, 0.15) is 12.4 Å². The van der Waals surface area contributed by atoms with Crippen LogP contribution in [0, 0.1) is 5.92 Å². The Bertz CT molecular complexity index is 442. The van der Waals surface area contributed by atoms with Crippen LogP contribution in [-0.2, 0) is 6.54 Å².